The number of hydrogen-bond donors (Lipinski definition) is 1. The lowest BCUT2D eigenvalue weighted by molar-refractivity contribution is -0.113. The van der Waals surface area contributed by atoms with Crippen LogP contribution in [0.1, 0.15) is 18.0 Å². The second-order valence-corrected chi connectivity index (χ2v) is 6.75. The lowest BCUT2D eigenvalue weighted by Gasteiger charge is -2.29. The van der Waals surface area contributed by atoms with Gasteiger partial charge in [-0.15, -0.1) is 0 Å². The van der Waals surface area contributed by atoms with Gasteiger partial charge in [0.25, 0.3) is 0 Å². The van der Waals surface area contributed by atoms with Crippen molar-refractivity contribution in [2.45, 2.75) is 12.5 Å². The maximum atomic E-state index is 13.6. The van der Waals surface area contributed by atoms with E-state index in [9.17, 15) is 13.6 Å². The number of amides is 1. The first kappa shape index (κ1) is 16.7. The van der Waals surface area contributed by atoms with E-state index in [-0.39, 0.29) is 17.5 Å². The van der Waals surface area contributed by atoms with Crippen LogP contribution in [0.2, 0.25) is 0 Å². The largest absolute Gasteiger partial charge is 0.323 e. The molecule has 26 heavy (non-hydrogen) atoms. The molecule has 1 unspecified atom stereocenters. The molecule has 0 radical (unpaired) electrons. The van der Waals surface area contributed by atoms with Gasteiger partial charge in [-0.25, -0.2) is 18.8 Å². The molecule has 8 heteroatoms. The molecule has 0 aromatic heterocycles. The number of thioether (sulfide) groups is 1. The van der Waals surface area contributed by atoms with Crippen LogP contribution < -0.4 is 5.32 Å². The van der Waals surface area contributed by atoms with Crippen molar-refractivity contribution in [1.29, 1.82) is 0 Å². The number of nitrogens with one attached hydrogen (secondary N) is 1. The molecule has 2 heterocycles. The predicted octanol–water partition coefficient (Wildman–Crippen LogP) is 4.07. The van der Waals surface area contributed by atoms with Crippen molar-refractivity contribution in [1.82, 2.24) is 5.01 Å². The van der Waals surface area contributed by atoms with E-state index in [1.807, 2.05) is 30.5 Å². The lowest BCUT2D eigenvalue weighted by Crippen LogP contribution is -2.29. The van der Waals surface area contributed by atoms with Crippen LogP contribution >= 0.6 is 11.8 Å². The van der Waals surface area contributed by atoms with Crippen LogP contribution in [0.15, 0.2) is 52.6 Å². The molecule has 0 bridgehead atoms. The van der Waals surface area contributed by atoms with Crippen LogP contribution in [-0.4, -0.2) is 28.1 Å². The highest BCUT2D eigenvalue weighted by Crippen LogP contribution is 2.40. The topological polar surface area (TPSA) is 57.1 Å². The summed E-state index contributed by atoms with van der Waals surface area (Å²) in [4.78, 5) is 16.7. The van der Waals surface area contributed by atoms with Crippen molar-refractivity contribution in [3.63, 3.8) is 0 Å². The Balaban J connectivity index is 1.46. The van der Waals surface area contributed by atoms with Gasteiger partial charge in [0.2, 0.25) is 5.91 Å². The molecule has 1 amide bonds. The van der Waals surface area contributed by atoms with Crippen molar-refractivity contribution in [3.8, 4) is 0 Å². The first-order valence-electron chi connectivity index (χ1n) is 7.99. The Morgan fingerprint density at radius 1 is 1.27 bits per heavy atom. The summed E-state index contributed by atoms with van der Waals surface area (Å²) in [6.07, 6.45) is 2.61. The number of carbonyl (C=O) groups excluding carboxylic acids is 1. The fourth-order valence-corrected chi connectivity index (χ4v) is 3.69. The fourth-order valence-electron chi connectivity index (χ4n) is 2.89. The number of nitrogens with zero attached hydrogens (tertiary/aromatic N) is 3. The molecule has 2 aliphatic heterocycles. The number of fused-ring (bicyclic) bond motifs is 3. The number of aliphatic imine (C=N–C) groups is 1. The number of rotatable bonds is 3. The Labute approximate surface area is 152 Å². The Hall–Kier alpha value is -2.74. The van der Waals surface area contributed by atoms with Crippen LogP contribution in [-0.2, 0) is 4.79 Å². The third-order valence-electron chi connectivity index (χ3n) is 4.08. The molecule has 0 aliphatic carbocycles. The van der Waals surface area contributed by atoms with Gasteiger partial charge in [0.1, 0.15) is 11.6 Å². The van der Waals surface area contributed by atoms with Crippen LogP contribution in [0.4, 0.5) is 20.2 Å². The molecule has 0 spiro atoms. The maximum Gasteiger partial charge on any atom is 0.234 e. The highest BCUT2D eigenvalue weighted by Gasteiger charge is 2.32. The number of hydrogen-bond acceptors (Lipinski definition) is 5. The average Bonchev–Trinajstić information content (AvgIpc) is 3.12. The quantitative estimate of drug-likeness (QED) is 0.884. The number of benzene rings is 2. The Bertz CT molecular complexity index is 931. The van der Waals surface area contributed by atoms with Gasteiger partial charge in [-0.05, 0) is 18.2 Å². The van der Waals surface area contributed by atoms with Crippen molar-refractivity contribution in [2.24, 2.45) is 10.1 Å². The lowest BCUT2D eigenvalue weighted by atomic mass is 10.0. The summed E-state index contributed by atoms with van der Waals surface area (Å²) < 4.78 is 26.6. The fraction of sp³-hybridized carbons (Fsp3) is 0.167. The predicted molar refractivity (Wildman–Crippen MR) is 98.7 cm³/mol. The van der Waals surface area contributed by atoms with Gasteiger partial charge in [-0.3, -0.25) is 4.79 Å². The molecule has 2 aromatic rings. The molecule has 0 saturated heterocycles. The SMILES string of the molecule is O=C(CSC1=Nc2ccccc2C2CC=NN12)Nc1ccc(F)cc1F. The zero-order valence-corrected chi connectivity index (χ0v) is 14.3. The van der Waals surface area contributed by atoms with Gasteiger partial charge < -0.3 is 5.32 Å². The average molecular weight is 372 g/mol. The zero-order chi connectivity index (χ0) is 18.1. The van der Waals surface area contributed by atoms with Gasteiger partial charge in [0, 0.05) is 24.3 Å². The summed E-state index contributed by atoms with van der Waals surface area (Å²) in [7, 11) is 0. The molecular weight excluding hydrogens is 358 g/mol. The number of carbonyl (C=O) groups is 1. The second kappa shape index (κ2) is 6.87. The van der Waals surface area contributed by atoms with Crippen molar-refractivity contribution in [3.05, 3.63) is 59.7 Å². The molecule has 0 fully saturated rings. The Morgan fingerprint density at radius 2 is 2.12 bits per heavy atom. The number of halogens is 2. The van der Waals surface area contributed by atoms with Gasteiger partial charge >= 0.3 is 0 Å². The van der Waals surface area contributed by atoms with E-state index in [0.717, 1.165) is 29.8 Å². The molecule has 1 atom stereocenters. The summed E-state index contributed by atoms with van der Waals surface area (Å²) in [5, 5.41) is 9.22. The molecule has 2 aliphatic rings. The highest BCUT2D eigenvalue weighted by molar-refractivity contribution is 8.14. The summed E-state index contributed by atoms with van der Waals surface area (Å²) in [5.74, 6) is -1.86. The molecular formula is C18H14F2N4OS. The monoisotopic (exact) mass is 372 g/mol. The van der Waals surface area contributed by atoms with Gasteiger partial charge in [-0.2, -0.15) is 5.10 Å². The third kappa shape index (κ3) is 3.20. The van der Waals surface area contributed by atoms with Crippen molar-refractivity contribution < 1.29 is 13.6 Å². The molecule has 132 valence electrons. The van der Waals surface area contributed by atoms with E-state index >= 15 is 0 Å². The molecule has 2 aromatic carbocycles. The second-order valence-electron chi connectivity index (χ2n) is 5.81. The highest BCUT2D eigenvalue weighted by atomic mass is 32.2. The zero-order valence-electron chi connectivity index (χ0n) is 13.5. The summed E-state index contributed by atoms with van der Waals surface area (Å²) in [6.45, 7) is 0. The van der Waals surface area contributed by atoms with Crippen LogP contribution in [0.25, 0.3) is 0 Å². The van der Waals surface area contributed by atoms with Crippen molar-refractivity contribution >= 4 is 40.4 Å². The molecule has 1 N–H and O–H groups in total. The van der Waals surface area contributed by atoms with Crippen LogP contribution in [0, 0.1) is 11.6 Å². The van der Waals surface area contributed by atoms with E-state index in [2.05, 4.69) is 15.4 Å². The number of para-hydroxylation sites is 1. The van der Waals surface area contributed by atoms with E-state index in [1.54, 1.807) is 5.01 Å². The van der Waals surface area contributed by atoms with E-state index in [1.165, 1.54) is 17.8 Å². The van der Waals surface area contributed by atoms with E-state index in [0.29, 0.717) is 5.17 Å². The number of hydrazone groups is 1. The third-order valence-corrected chi connectivity index (χ3v) is 5.02. The molecule has 0 saturated carbocycles. The summed E-state index contributed by atoms with van der Waals surface area (Å²) >= 11 is 1.23. The standard InChI is InChI=1S/C18H14F2N4OS/c19-11-5-6-15(13(20)9-11)22-17(25)10-26-18-23-14-4-2-1-3-12(14)16-7-8-21-24(16)18/h1-6,8-9,16H,7,10H2,(H,22,25). The minimum absolute atomic E-state index is 0.0383. The smallest absolute Gasteiger partial charge is 0.234 e. The van der Waals surface area contributed by atoms with Gasteiger partial charge in [-0.1, -0.05) is 30.0 Å². The summed E-state index contributed by atoms with van der Waals surface area (Å²) in [6, 6.07) is 10.9. The Morgan fingerprint density at radius 3 is 2.96 bits per heavy atom. The molecule has 4 rings (SSSR count). The van der Waals surface area contributed by atoms with Crippen LogP contribution in [0.5, 0.6) is 0 Å². The van der Waals surface area contributed by atoms with E-state index in [4.69, 9.17) is 0 Å². The summed E-state index contributed by atoms with van der Waals surface area (Å²) in [5.41, 5.74) is 1.92. The normalized spacial score (nSPS) is 17.5. The minimum Gasteiger partial charge on any atom is -0.323 e. The molecule has 5 nitrogen and oxygen atoms in total. The number of anilines is 1. The van der Waals surface area contributed by atoms with E-state index < -0.39 is 17.5 Å². The van der Waals surface area contributed by atoms with Gasteiger partial charge in [0.05, 0.1) is 23.2 Å². The maximum absolute atomic E-state index is 13.6. The Kier molecular flexibility index (Phi) is 4.42. The van der Waals surface area contributed by atoms with Crippen molar-refractivity contribution in [2.75, 3.05) is 11.1 Å². The first-order valence-corrected chi connectivity index (χ1v) is 8.97. The number of amidine groups is 1. The minimum atomic E-state index is -0.809. The van der Waals surface area contributed by atoms with Gasteiger partial charge in [0.15, 0.2) is 5.17 Å². The van der Waals surface area contributed by atoms with Crippen LogP contribution in [0.3, 0.4) is 0 Å². The first-order chi connectivity index (χ1) is 12.6.